The second kappa shape index (κ2) is 8.86. The Morgan fingerprint density at radius 2 is 1.62 bits per heavy atom. The van der Waals surface area contributed by atoms with Crippen molar-refractivity contribution in [3.8, 4) is 39.7 Å². The van der Waals surface area contributed by atoms with Gasteiger partial charge < -0.3 is 24.7 Å². The number of hydrogen-bond donors (Lipinski definition) is 2. The van der Waals surface area contributed by atoms with E-state index in [-0.39, 0.29) is 34.3 Å². The summed E-state index contributed by atoms with van der Waals surface area (Å²) in [6, 6.07) is 18.2. The van der Waals surface area contributed by atoms with Crippen LogP contribution in [0.25, 0.3) is 22.5 Å². The molecule has 0 bridgehead atoms. The van der Waals surface area contributed by atoms with Gasteiger partial charge in [0.15, 0.2) is 11.5 Å². The maximum Gasteiger partial charge on any atom is 0.343 e. The number of ether oxygens (including phenoxy) is 2. The molecule has 0 saturated carbocycles. The van der Waals surface area contributed by atoms with E-state index >= 15 is 0 Å². The fourth-order valence-corrected chi connectivity index (χ4v) is 3.74. The van der Waals surface area contributed by atoms with Crippen LogP contribution in [0.1, 0.15) is 10.4 Å². The Labute approximate surface area is 193 Å². The van der Waals surface area contributed by atoms with E-state index in [4.69, 9.17) is 42.8 Å². The Hall–Kier alpha value is -3.61. The highest BCUT2D eigenvalue weighted by Crippen LogP contribution is 2.45. The molecule has 0 atom stereocenters. The Morgan fingerprint density at radius 1 is 0.938 bits per heavy atom. The molecule has 0 unspecified atom stereocenters. The Morgan fingerprint density at radius 3 is 2.28 bits per heavy atom. The van der Waals surface area contributed by atoms with Gasteiger partial charge in [-0.15, -0.1) is 0 Å². The summed E-state index contributed by atoms with van der Waals surface area (Å²) in [7, 11) is 1.46. The second-order valence-electron chi connectivity index (χ2n) is 6.83. The Balaban J connectivity index is 1.75. The molecule has 0 spiro atoms. The van der Waals surface area contributed by atoms with Gasteiger partial charge in [0.25, 0.3) is 0 Å². The molecule has 1 aromatic heterocycles. The van der Waals surface area contributed by atoms with Gasteiger partial charge >= 0.3 is 5.97 Å². The van der Waals surface area contributed by atoms with Crippen LogP contribution in [-0.2, 0) is 0 Å². The van der Waals surface area contributed by atoms with E-state index in [1.807, 2.05) is 18.2 Å². The van der Waals surface area contributed by atoms with Crippen molar-refractivity contribution >= 4 is 35.1 Å². The smallest absolute Gasteiger partial charge is 0.343 e. The van der Waals surface area contributed by atoms with Crippen LogP contribution in [0.4, 0.5) is 5.88 Å². The monoisotopic (exact) mass is 469 g/mol. The largest absolute Gasteiger partial charge is 0.504 e. The molecule has 0 aliphatic rings. The lowest BCUT2D eigenvalue weighted by Crippen LogP contribution is -2.09. The number of halogens is 2. The van der Waals surface area contributed by atoms with Gasteiger partial charge in [0.1, 0.15) is 11.5 Å². The zero-order valence-electron chi connectivity index (χ0n) is 16.8. The average Bonchev–Trinajstić information content (AvgIpc) is 3.07. The van der Waals surface area contributed by atoms with Crippen LogP contribution in [0.15, 0.2) is 71.1 Å². The topological polar surface area (TPSA) is 94.9 Å². The van der Waals surface area contributed by atoms with Crippen LogP contribution < -0.4 is 15.2 Å². The first-order valence-electron chi connectivity index (χ1n) is 9.40. The highest BCUT2D eigenvalue weighted by Gasteiger charge is 2.23. The van der Waals surface area contributed by atoms with Crippen LogP contribution in [0.3, 0.4) is 0 Å². The van der Waals surface area contributed by atoms with Gasteiger partial charge in [0, 0.05) is 15.6 Å². The first kappa shape index (κ1) is 21.6. The summed E-state index contributed by atoms with van der Waals surface area (Å²) in [5.41, 5.74) is 7.55. The summed E-state index contributed by atoms with van der Waals surface area (Å²) < 4.78 is 16.4. The minimum atomic E-state index is -0.673. The van der Waals surface area contributed by atoms with Gasteiger partial charge in [-0.25, -0.2) is 4.79 Å². The summed E-state index contributed by atoms with van der Waals surface area (Å²) in [6.45, 7) is 0. The Bertz CT molecular complexity index is 1280. The molecule has 0 aliphatic carbocycles. The van der Waals surface area contributed by atoms with Crippen molar-refractivity contribution in [2.24, 2.45) is 0 Å². The van der Waals surface area contributed by atoms with Crippen LogP contribution in [0.2, 0.25) is 10.0 Å². The third kappa shape index (κ3) is 4.37. The van der Waals surface area contributed by atoms with Crippen molar-refractivity contribution in [1.29, 1.82) is 0 Å². The van der Waals surface area contributed by atoms with E-state index in [2.05, 4.69) is 0 Å². The van der Waals surface area contributed by atoms with Crippen molar-refractivity contribution in [3.63, 3.8) is 0 Å². The molecule has 4 rings (SSSR count). The summed E-state index contributed by atoms with van der Waals surface area (Å²) in [6.07, 6.45) is 0. The highest BCUT2D eigenvalue weighted by atomic mass is 35.5. The lowest BCUT2D eigenvalue weighted by Gasteiger charge is -2.10. The van der Waals surface area contributed by atoms with Gasteiger partial charge in [-0.2, -0.15) is 0 Å². The van der Waals surface area contributed by atoms with Gasteiger partial charge in [-0.3, -0.25) is 0 Å². The number of esters is 1. The molecule has 162 valence electrons. The number of nitrogens with two attached hydrogens (primary N) is 1. The lowest BCUT2D eigenvalue weighted by molar-refractivity contribution is 0.0734. The predicted octanol–water partition coefficient (Wildman–Crippen LogP) is 6.44. The summed E-state index contributed by atoms with van der Waals surface area (Å²) >= 11 is 11.9. The zero-order chi connectivity index (χ0) is 22.8. The average molecular weight is 470 g/mol. The van der Waals surface area contributed by atoms with Gasteiger partial charge in [0.05, 0.1) is 18.2 Å². The molecular weight excluding hydrogens is 453 g/mol. The summed E-state index contributed by atoms with van der Waals surface area (Å²) in [5, 5.41) is 11.5. The number of carbonyl (C=O) groups excluding carboxylic acids is 1. The molecule has 8 heteroatoms. The highest BCUT2D eigenvalue weighted by molar-refractivity contribution is 6.34. The number of benzene rings is 3. The third-order valence-corrected chi connectivity index (χ3v) is 5.10. The van der Waals surface area contributed by atoms with Crippen molar-refractivity contribution in [2.75, 3.05) is 12.8 Å². The third-order valence-electron chi connectivity index (χ3n) is 4.66. The Kier molecular flexibility index (Phi) is 5.99. The molecular formula is C24H17Cl2NO5. The van der Waals surface area contributed by atoms with E-state index in [1.165, 1.54) is 37.4 Å². The normalized spacial score (nSPS) is 10.7. The van der Waals surface area contributed by atoms with Crippen LogP contribution in [0.5, 0.6) is 17.2 Å². The molecule has 0 radical (unpaired) electrons. The molecule has 1 heterocycles. The van der Waals surface area contributed by atoms with Crippen molar-refractivity contribution in [2.45, 2.75) is 0 Å². The molecule has 0 aliphatic heterocycles. The lowest BCUT2D eigenvalue weighted by atomic mass is 10.0. The number of aromatic hydroxyl groups is 1. The zero-order valence-corrected chi connectivity index (χ0v) is 18.3. The van der Waals surface area contributed by atoms with Gasteiger partial charge in [-0.05, 0) is 42.0 Å². The number of carbonyl (C=O) groups is 1. The number of hydrogen-bond acceptors (Lipinski definition) is 6. The number of nitrogen functional groups attached to an aromatic ring is 1. The summed E-state index contributed by atoms with van der Waals surface area (Å²) in [4.78, 5) is 12.8. The molecule has 3 N–H and O–H groups in total. The molecule has 4 aromatic rings. The van der Waals surface area contributed by atoms with E-state index in [0.29, 0.717) is 26.9 Å². The second-order valence-corrected chi connectivity index (χ2v) is 7.70. The maximum absolute atomic E-state index is 12.8. The first-order chi connectivity index (χ1) is 15.4. The van der Waals surface area contributed by atoms with Crippen LogP contribution >= 0.6 is 23.2 Å². The van der Waals surface area contributed by atoms with Crippen LogP contribution in [0, 0.1) is 0 Å². The van der Waals surface area contributed by atoms with Crippen LogP contribution in [-0.4, -0.2) is 18.2 Å². The number of rotatable bonds is 5. The number of anilines is 1. The molecule has 3 aromatic carbocycles. The maximum atomic E-state index is 12.8. The van der Waals surface area contributed by atoms with Crippen molar-refractivity contribution in [3.05, 3.63) is 82.3 Å². The minimum Gasteiger partial charge on any atom is -0.504 e. The van der Waals surface area contributed by atoms with E-state index < -0.39 is 5.97 Å². The molecule has 32 heavy (non-hydrogen) atoms. The molecule has 0 saturated heterocycles. The molecule has 0 amide bonds. The minimum absolute atomic E-state index is 0.00412. The fourth-order valence-electron chi connectivity index (χ4n) is 3.24. The predicted molar refractivity (Wildman–Crippen MR) is 124 cm³/mol. The van der Waals surface area contributed by atoms with E-state index in [1.54, 1.807) is 18.2 Å². The van der Waals surface area contributed by atoms with Gasteiger partial charge in [-0.1, -0.05) is 53.5 Å². The van der Waals surface area contributed by atoms with Gasteiger partial charge in [0.2, 0.25) is 5.88 Å². The van der Waals surface area contributed by atoms with E-state index in [0.717, 1.165) is 0 Å². The van der Waals surface area contributed by atoms with E-state index in [9.17, 15) is 9.90 Å². The fraction of sp³-hybridized carbons (Fsp3) is 0.0417. The SMILES string of the molecule is COc1cc(C(=O)Oc2cc(Cl)cc(Cl)c2)cc(-c2c(N)oc(-c3ccccc3)c2O)c1. The quantitative estimate of drug-likeness (QED) is 0.258. The first-order valence-corrected chi connectivity index (χ1v) is 10.2. The molecule has 6 nitrogen and oxygen atoms in total. The standard InChI is InChI=1S/C24H17Cl2NO5/c1-30-18-8-14(20-21(28)22(32-23(20)27)13-5-3-2-4-6-13)7-15(9-18)24(29)31-19-11-16(25)10-17(26)12-19/h2-12,28H,27H2,1H3. The number of methoxy groups -OCH3 is 1. The summed E-state index contributed by atoms with van der Waals surface area (Å²) in [5.74, 6) is -0.0564. The van der Waals surface area contributed by atoms with Crippen molar-refractivity contribution < 1.29 is 23.8 Å². The number of furan rings is 1. The molecule has 0 fully saturated rings. The van der Waals surface area contributed by atoms with Crippen molar-refractivity contribution in [1.82, 2.24) is 0 Å².